The van der Waals surface area contributed by atoms with E-state index in [0.717, 1.165) is 17.9 Å². The average Bonchev–Trinajstić information content (AvgIpc) is 3.22. The molecular formula is C23H27N3O4S. The highest BCUT2D eigenvalue weighted by molar-refractivity contribution is 7.98. The maximum Gasteiger partial charge on any atom is 0.258 e. The van der Waals surface area contributed by atoms with Gasteiger partial charge in [-0.3, -0.25) is 14.4 Å². The van der Waals surface area contributed by atoms with Gasteiger partial charge >= 0.3 is 0 Å². The zero-order valence-electron chi connectivity index (χ0n) is 17.5. The van der Waals surface area contributed by atoms with Crippen LogP contribution in [0.2, 0.25) is 0 Å². The predicted molar refractivity (Wildman–Crippen MR) is 124 cm³/mol. The van der Waals surface area contributed by atoms with Gasteiger partial charge in [0.25, 0.3) is 5.91 Å². The molecule has 0 spiro atoms. The number of anilines is 2. The zero-order valence-corrected chi connectivity index (χ0v) is 18.3. The molecule has 0 aromatic heterocycles. The van der Waals surface area contributed by atoms with Crippen LogP contribution in [0, 0.1) is 0 Å². The summed E-state index contributed by atoms with van der Waals surface area (Å²) in [6.45, 7) is 0.518. The third-order valence-corrected chi connectivity index (χ3v) is 5.52. The molecule has 8 heteroatoms. The maximum absolute atomic E-state index is 12.9. The lowest BCUT2D eigenvalue weighted by Gasteiger charge is -2.20. The van der Waals surface area contributed by atoms with Crippen molar-refractivity contribution in [3.8, 4) is 5.75 Å². The molecule has 1 aliphatic rings. The first-order chi connectivity index (χ1) is 15.1. The van der Waals surface area contributed by atoms with Gasteiger partial charge in [0.1, 0.15) is 11.8 Å². The fraction of sp³-hybridized carbons (Fsp3) is 0.348. The summed E-state index contributed by atoms with van der Waals surface area (Å²) in [5, 5.41) is 5.63. The Labute approximate surface area is 186 Å². The van der Waals surface area contributed by atoms with E-state index in [9.17, 15) is 14.4 Å². The molecule has 2 aromatic rings. The Morgan fingerprint density at radius 2 is 1.97 bits per heavy atom. The number of para-hydroxylation sites is 1. The number of nitrogens with zero attached hydrogens (tertiary/aromatic N) is 1. The molecule has 0 bridgehead atoms. The number of nitrogens with one attached hydrogen (secondary N) is 2. The molecule has 0 radical (unpaired) electrons. The SMILES string of the molecule is CSCCC(NC(=O)COc1ccccc1)C(=O)Nc1cccc(N2CCCC2=O)c1. The highest BCUT2D eigenvalue weighted by Crippen LogP contribution is 2.24. The van der Waals surface area contributed by atoms with Gasteiger partial charge in [0.2, 0.25) is 11.8 Å². The van der Waals surface area contributed by atoms with Crippen molar-refractivity contribution < 1.29 is 19.1 Å². The number of benzene rings is 2. The average molecular weight is 442 g/mol. The van der Waals surface area contributed by atoms with Crippen LogP contribution in [0.3, 0.4) is 0 Å². The van der Waals surface area contributed by atoms with Crippen LogP contribution in [-0.2, 0) is 14.4 Å². The van der Waals surface area contributed by atoms with E-state index in [0.29, 0.717) is 30.8 Å². The van der Waals surface area contributed by atoms with E-state index in [2.05, 4.69) is 10.6 Å². The minimum Gasteiger partial charge on any atom is -0.484 e. The molecule has 1 saturated heterocycles. The Balaban J connectivity index is 1.60. The Bertz CT molecular complexity index is 907. The normalized spacial score (nSPS) is 14.2. The van der Waals surface area contributed by atoms with E-state index in [1.807, 2.05) is 30.5 Å². The molecule has 2 aromatic carbocycles. The topological polar surface area (TPSA) is 87.7 Å². The number of hydrogen-bond donors (Lipinski definition) is 2. The van der Waals surface area contributed by atoms with Gasteiger partial charge in [-0.25, -0.2) is 0 Å². The van der Waals surface area contributed by atoms with Crippen molar-refractivity contribution in [1.82, 2.24) is 5.32 Å². The first-order valence-electron chi connectivity index (χ1n) is 10.2. The number of rotatable bonds is 10. The third-order valence-electron chi connectivity index (χ3n) is 4.87. The van der Waals surface area contributed by atoms with Crippen molar-refractivity contribution in [3.05, 3.63) is 54.6 Å². The number of carbonyl (C=O) groups is 3. The summed E-state index contributed by atoms with van der Waals surface area (Å²) in [6.07, 6.45) is 3.83. The summed E-state index contributed by atoms with van der Waals surface area (Å²) >= 11 is 1.60. The second-order valence-corrected chi connectivity index (χ2v) is 8.18. The number of carbonyl (C=O) groups excluding carboxylic acids is 3. The van der Waals surface area contributed by atoms with Crippen molar-refractivity contribution in [1.29, 1.82) is 0 Å². The Morgan fingerprint density at radius 3 is 2.68 bits per heavy atom. The van der Waals surface area contributed by atoms with Crippen LogP contribution in [0.5, 0.6) is 5.75 Å². The van der Waals surface area contributed by atoms with Gasteiger partial charge in [-0.15, -0.1) is 0 Å². The van der Waals surface area contributed by atoms with Gasteiger partial charge < -0.3 is 20.3 Å². The van der Waals surface area contributed by atoms with Crippen molar-refractivity contribution in [3.63, 3.8) is 0 Å². The van der Waals surface area contributed by atoms with E-state index in [1.165, 1.54) is 0 Å². The number of amides is 3. The first-order valence-corrected chi connectivity index (χ1v) is 11.6. The molecule has 3 amide bonds. The highest BCUT2D eigenvalue weighted by Gasteiger charge is 2.23. The standard InChI is InChI=1S/C23H27N3O4S/c1-31-14-12-20(25-21(27)16-30-19-9-3-2-4-10-19)23(29)24-17-7-5-8-18(15-17)26-13-6-11-22(26)28/h2-5,7-10,15,20H,6,11-14,16H2,1H3,(H,24,29)(H,25,27). The second kappa shape index (κ2) is 11.4. The van der Waals surface area contributed by atoms with E-state index in [1.54, 1.807) is 47.0 Å². The molecular weight excluding hydrogens is 414 g/mol. The molecule has 31 heavy (non-hydrogen) atoms. The number of thioether (sulfide) groups is 1. The summed E-state index contributed by atoms with van der Waals surface area (Å²) in [6, 6.07) is 15.6. The van der Waals surface area contributed by atoms with Crippen molar-refractivity contribution in [2.24, 2.45) is 0 Å². The van der Waals surface area contributed by atoms with Gasteiger partial charge in [0.15, 0.2) is 6.61 Å². The van der Waals surface area contributed by atoms with E-state index >= 15 is 0 Å². The lowest BCUT2D eigenvalue weighted by Crippen LogP contribution is -2.45. The van der Waals surface area contributed by atoms with Crippen LogP contribution in [-0.4, -0.2) is 48.9 Å². The van der Waals surface area contributed by atoms with E-state index in [-0.39, 0.29) is 24.3 Å². The summed E-state index contributed by atoms with van der Waals surface area (Å²) in [7, 11) is 0. The van der Waals surface area contributed by atoms with Crippen molar-refractivity contribution in [2.45, 2.75) is 25.3 Å². The van der Waals surface area contributed by atoms with Crippen LogP contribution in [0.4, 0.5) is 11.4 Å². The molecule has 2 N–H and O–H groups in total. The zero-order chi connectivity index (χ0) is 22.1. The Kier molecular flexibility index (Phi) is 8.35. The smallest absolute Gasteiger partial charge is 0.258 e. The number of ether oxygens (including phenoxy) is 1. The molecule has 7 nitrogen and oxygen atoms in total. The van der Waals surface area contributed by atoms with Crippen LogP contribution in [0.15, 0.2) is 54.6 Å². The van der Waals surface area contributed by atoms with Crippen LogP contribution in [0.25, 0.3) is 0 Å². The molecule has 1 fully saturated rings. The Morgan fingerprint density at radius 1 is 1.16 bits per heavy atom. The van der Waals surface area contributed by atoms with Crippen molar-refractivity contribution in [2.75, 3.05) is 35.4 Å². The molecule has 1 atom stereocenters. The monoisotopic (exact) mass is 441 g/mol. The summed E-state index contributed by atoms with van der Waals surface area (Å²) < 4.78 is 5.47. The van der Waals surface area contributed by atoms with Gasteiger partial charge in [-0.2, -0.15) is 11.8 Å². The third kappa shape index (κ3) is 6.75. The highest BCUT2D eigenvalue weighted by atomic mass is 32.2. The van der Waals surface area contributed by atoms with Crippen LogP contribution in [0.1, 0.15) is 19.3 Å². The van der Waals surface area contributed by atoms with Gasteiger partial charge in [0.05, 0.1) is 0 Å². The van der Waals surface area contributed by atoms with Gasteiger partial charge in [0, 0.05) is 24.3 Å². The maximum atomic E-state index is 12.9. The van der Waals surface area contributed by atoms with E-state index < -0.39 is 6.04 Å². The summed E-state index contributed by atoms with van der Waals surface area (Å²) in [5.41, 5.74) is 1.35. The van der Waals surface area contributed by atoms with Gasteiger partial charge in [-0.1, -0.05) is 24.3 Å². The summed E-state index contributed by atoms with van der Waals surface area (Å²) in [5.74, 6) is 0.747. The van der Waals surface area contributed by atoms with Crippen LogP contribution < -0.4 is 20.3 Å². The molecule has 0 aliphatic carbocycles. The lowest BCUT2D eigenvalue weighted by molar-refractivity contribution is -0.127. The van der Waals surface area contributed by atoms with Crippen LogP contribution >= 0.6 is 11.8 Å². The lowest BCUT2D eigenvalue weighted by atomic mass is 10.2. The largest absolute Gasteiger partial charge is 0.484 e. The van der Waals surface area contributed by atoms with Crippen molar-refractivity contribution >= 4 is 40.9 Å². The fourth-order valence-electron chi connectivity index (χ4n) is 3.31. The van der Waals surface area contributed by atoms with E-state index in [4.69, 9.17) is 4.74 Å². The summed E-state index contributed by atoms with van der Waals surface area (Å²) in [4.78, 5) is 38.9. The second-order valence-electron chi connectivity index (χ2n) is 7.19. The number of hydrogen-bond acceptors (Lipinski definition) is 5. The molecule has 1 aliphatic heterocycles. The minimum absolute atomic E-state index is 0.0898. The molecule has 1 heterocycles. The molecule has 1 unspecified atom stereocenters. The minimum atomic E-state index is -0.684. The fourth-order valence-corrected chi connectivity index (χ4v) is 3.78. The molecule has 0 saturated carbocycles. The predicted octanol–water partition coefficient (Wildman–Crippen LogP) is 3.07. The molecule has 164 valence electrons. The first kappa shape index (κ1) is 22.7. The molecule has 3 rings (SSSR count). The Hall–Kier alpha value is -3.00. The quantitative estimate of drug-likeness (QED) is 0.592. The van der Waals surface area contributed by atoms with Gasteiger partial charge in [-0.05, 0) is 55.2 Å².